The first-order chi connectivity index (χ1) is 6.97. The van der Waals surface area contributed by atoms with Gasteiger partial charge in [0.25, 0.3) is 0 Å². The van der Waals surface area contributed by atoms with Gasteiger partial charge in [0, 0.05) is 25.4 Å². The summed E-state index contributed by atoms with van der Waals surface area (Å²) in [4.78, 5) is 12.4. The molecule has 1 aromatic heterocycles. The number of rotatable bonds is 3. The summed E-state index contributed by atoms with van der Waals surface area (Å²) in [5.74, 6) is 0. The molecule has 1 aromatic rings. The molecule has 0 aliphatic rings. The maximum Gasteiger partial charge on any atom is 0.472 e. The molecule has 8 heteroatoms. The fourth-order valence-corrected chi connectivity index (χ4v) is 1.03. The van der Waals surface area contributed by atoms with Crippen LogP contribution in [-0.4, -0.2) is 42.1 Å². The molecule has 0 saturated heterocycles. The number of aryl methyl sites for hydroxylation is 1. The van der Waals surface area contributed by atoms with Gasteiger partial charge in [-0.1, -0.05) is 0 Å². The Hall–Kier alpha value is -1.34. The van der Waals surface area contributed by atoms with E-state index in [2.05, 4.69) is 4.98 Å². The molecule has 0 fully saturated rings. The van der Waals surface area contributed by atoms with E-state index in [1.165, 1.54) is 0 Å². The van der Waals surface area contributed by atoms with Gasteiger partial charge in [-0.05, 0) is 0 Å². The molecule has 0 aromatic carbocycles. The second kappa shape index (κ2) is 7.02. The van der Waals surface area contributed by atoms with Crippen molar-refractivity contribution in [3.63, 3.8) is 0 Å². The third-order valence-corrected chi connectivity index (χ3v) is 1.84. The van der Waals surface area contributed by atoms with Crippen LogP contribution < -0.4 is 0 Å². The average Bonchev–Trinajstić information content (AvgIpc) is 2.51. The van der Waals surface area contributed by atoms with Crippen LogP contribution >= 0.6 is 11.6 Å². The van der Waals surface area contributed by atoms with Crippen molar-refractivity contribution in [3.8, 4) is 0 Å². The van der Waals surface area contributed by atoms with Gasteiger partial charge in [-0.3, -0.25) is 0 Å². The van der Waals surface area contributed by atoms with E-state index in [1.807, 2.05) is 11.6 Å². The van der Waals surface area contributed by atoms with Crippen LogP contribution in [0.2, 0.25) is 0 Å². The lowest BCUT2D eigenvalue weighted by atomic mass is 10.2. The fourth-order valence-electron chi connectivity index (χ4n) is 0.873. The Labute approximate surface area is 91.0 Å². The number of nitrogens with zero attached hydrogens (tertiary/aromatic N) is 3. The minimum atomic E-state index is -1.25. The van der Waals surface area contributed by atoms with Gasteiger partial charge in [0.05, 0.1) is 18.3 Å². The number of hydrogen-bond donors (Lipinski definition) is 3. The molecule has 0 radical (unpaired) electrons. The molecule has 0 amide bonds. The van der Waals surface area contributed by atoms with Crippen LogP contribution in [0.25, 0.3) is 0 Å². The summed E-state index contributed by atoms with van der Waals surface area (Å²) in [6.45, 7) is 0.00668. The summed E-state index contributed by atoms with van der Waals surface area (Å²) in [5.41, 5.74) is 1.04. The molecule has 0 spiro atoms. The van der Waals surface area contributed by atoms with E-state index in [9.17, 15) is 0 Å². The molecule has 15 heavy (non-hydrogen) atoms. The first kappa shape index (κ1) is 13.7. The van der Waals surface area contributed by atoms with Gasteiger partial charge in [0.2, 0.25) is 0 Å². The van der Waals surface area contributed by atoms with Crippen molar-refractivity contribution < 1.29 is 20.6 Å². The predicted molar refractivity (Wildman–Crippen MR) is 50.8 cm³/mol. The van der Waals surface area contributed by atoms with Crippen LogP contribution in [0.1, 0.15) is 5.69 Å². The number of aromatic nitrogens is 2. The zero-order valence-electron chi connectivity index (χ0n) is 8.12. The number of hydrogen-bond acceptors (Lipinski definition) is 3. The SMILES string of the molecule is Cn1cncc1CC(Cl)CO.O=[N+](O)O. The predicted octanol–water partition coefficient (Wildman–Crippen LogP) is 0.106. The highest BCUT2D eigenvalue weighted by Gasteiger charge is 2.06. The minimum absolute atomic E-state index is 0.00668. The van der Waals surface area contributed by atoms with E-state index in [-0.39, 0.29) is 12.0 Å². The number of imidazole rings is 1. The largest absolute Gasteiger partial charge is 0.472 e. The Morgan fingerprint density at radius 1 is 1.67 bits per heavy atom. The molecular formula is C7H13ClN3O4+. The van der Waals surface area contributed by atoms with Crippen molar-refractivity contribution in [2.45, 2.75) is 11.8 Å². The number of halogens is 1. The second-order valence-corrected chi connectivity index (χ2v) is 3.35. The van der Waals surface area contributed by atoms with Crippen molar-refractivity contribution in [2.24, 2.45) is 7.05 Å². The molecule has 1 atom stereocenters. The van der Waals surface area contributed by atoms with E-state index in [4.69, 9.17) is 32.0 Å². The van der Waals surface area contributed by atoms with Crippen LogP contribution in [0.4, 0.5) is 0 Å². The molecule has 0 saturated carbocycles. The Morgan fingerprint density at radius 3 is 2.53 bits per heavy atom. The fraction of sp³-hybridized carbons (Fsp3) is 0.571. The molecule has 0 aliphatic carbocycles. The maximum atomic E-state index is 8.66. The summed E-state index contributed by atoms with van der Waals surface area (Å²) in [6.07, 6.45) is 4.13. The van der Waals surface area contributed by atoms with Crippen LogP contribution in [-0.2, 0) is 13.5 Å². The van der Waals surface area contributed by atoms with Crippen molar-refractivity contribution in [1.29, 1.82) is 0 Å². The molecule has 1 unspecified atom stereocenters. The zero-order chi connectivity index (χ0) is 11.8. The lowest BCUT2D eigenvalue weighted by molar-refractivity contribution is -0.969. The number of aliphatic hydroxyl groups excluding tert-OH is 1. The Kier molecular flexibility index (Phi) is 6.39. The summed E-state index contributed by atoms with van der Waals surface area (Å²) in [6, 6.07) is 0. The topological polar surface area (TPSA) is 98.6 Å². The molecule has 1 rings (SSSR count). The molecule has 86 valence electrons. The van der Waals surface area contributed by atoms with Crippen LogP contribution in [0, 0.1) is 4.91 Å². The van der Waals surface area contributed by atoms with E-state index in [0.29, 0.717) is 6.42 Å². The van der Waals surface area contributed by atoms with Crippen molar-refractivity contribution in [1.82, 2.24) is 9.55 Å². The highest BCUT2D eigenvalue weighted by atomic mass is 35.5. The Balaban J connectivity index is 0.000000423. The summed E-state index contributed by atoms with van der Waals surface area (Å²) in [7, 11) is 1.91. The molecule has 0 bridgehead atoms. The van der Waals surface area contributed by atoms with Crippen molar-refractivity contribution in [2.75, 3.05) is 6.61 Å². The van der Waals surface area contributed by atoms with E-state index in [0.717, 1.165) is 5.69 Å². The summed E-state index contributed by atoms with van der Waals surface area (Å²) in [5, 5.41) is 21.0. The zero-order valence-corrected chi connectivity index (χ0v) is 8.87. The van der Waals surface area contributed by atoms with Gasteiger partial charge in [0.1, 0.15) is 4.91 Å². The lowest BCUT2D eigenvalue weighted by Crippen LogP contribution is -2.10. The first-order valence-electron chi connectivity index (χ1n) is 4.02. The third-order valence-electron chi connectivity index (χ3n) is 1.55. The van der Waals surface area contributed by atoms with Gasteiger partial charge < -0.3 is 9.67 Å². The summed E-state index contributed by atoms with van der Waals surface area (Å²) < 4.78 is 1.89. The molecule has 3 N–H and O–H groups in total. The summed E-state index contributed by atoms with van der Waals surface area (Å²) >= 11 is 5.74. The van der Waals surface area contributed by atoms with Crippen LogP contribution in [0.15, 0.2) is 12.5 Å². The van der Waals surface area contributed by atoms with Gasteiger partial charge in [-0.15, -0.1) is 11.6 Å². The van der Waals surface area contributed by atoms with Gasteiger partial charge in [-0.25, -0.2) is 15.4 Å². The number of alkyl halides is 1. The number of aliphatic hydroxyl groups is 1. The highest BCUT2D eigenvalue weighted by Crippen LogP contribution is 2.05. The van der Waals surface area contributed by atoms with Gasteiger partial charge in [0.15, 0.2) is 0 Å². The molecule has 1 heterocycles. The van der Waals surface area contributed by atoms with Crippen molar-refractivity contribution in [3.05, 3.63) is 23.1 Å². The average molecular weight is 239 g/mol. The van der Waals surface area contributed by atoms with Crippen LogP contribution in [0.3, 0.4) is 0 Å². The normalized spacial score (nSPS) is 11.4. The molecule has 0 aliphatic heterocycles. The Morgan fingerprint density at radius 2 is 2.20 bits per heavy atom. The highest BCUT2D eigenvalue weighted by molar-refractivity contribution is 6.20. The first-order valence-corrected chi connectivity index (χ1v) is 4.46. The standard InChI is InChI=1S/C7H11ClN2O.H2NO3/c1-10-5-9-3-7(10)2-6(8)4-11;2-1(3)4/h3,5-6,11H,2,4H2,1H3;(H2,2,3,4)/q;+1. The van der Waals surface area contributed by atoms with Gasteiger partial charge in [-0.2, -0.15) is 0 Å². The smallest absolute Gasteiger partial charge is 0.395 e. The third kappa shape index (κ3) is 6.69. The van der Waals surface area contributed by atoms with Crippen molar-refractivity contribution >= 4 is 11.6 Å². The minimum Gasteiger partial charge on any atom is -0.395 e. The van der Waals surface area contributed by atoms with Gasteiger partial charge >= 0.3 is 5.09 Å². The monoisotopic (exact) mass is 238 g/mol. The quantitative estimate of drug-likeness (QED) is 0.513. The van der Waals surface area contributed by atoms with Crippen LogP contribution in [0.5, 0.6) is 0 Å². The Bertz CT molecular complexity index is 300. The lowest BCUT2D eigenvalue weighted by Gasteiger charge is -2.04. The molecular weight excluding hydrogens is 226 g/mol. The second-order valence-electron chi connectivity index (χ2n) is 2.73. The van der Waals surface area contributed by atoms with E-state index in [1.54, 1.807) is 12.5 Å². The molecule has 7 nitrogen and oxygen atoms in total. The maximum absolute atomic E-state index is 8.66. The van der Waals surface area contributed by atoms with E-state index < -0.39 is 5.09 Å². The van der Waals surface area contributed by atoms with E-state index >= 15 is 0 Å².